The molecule has 0 saturated heterocycles. The van der Waals surface area contributed by atoms with Crippen LogP contribution in [0.5, 0.6) is 0 Å². The fourth-order valence-corrected chi connectivity index (χ4v) is 3.00. The molecule has 144 valence electrons. The molecule has 4 aromatic rings. The third-order valence-electron chi connectivity index (χ3n) is 4.48. The van der Waals surface area contributed by atoms with Crippen LogP contribution in [0.3, 0.4) is 0 Å². The van der Waals surface area contributed by atoms with Gasteiger partial charge < -0.3 is 5.32 Å². The van der Waals surface area contributed by atoms with Gasteiger partial charge in [0.25, 0.3) is 0 Å². The van der Waals surface area contributed by atoms with E-state index < -0.39 is 0 Å². The molecular formula is C22H18FN5O. The number of halogens is 1. The highest BCUT2D eigenvalue weighted by atomic mass is 19.1. The third-order valence-corrected chi connectivity index (χ3v) is 4.48. The maximum Gasteiger partial charge on any atom is 0.225 e. The summed E-state index contributed by atoms with van der Waals surface area (Å²) in [6.45, 7) is 2.02. The first kappa shape index (κ1) is 18.5. The van der Waals surface area contributed by atoms with Crippen LogP contribution in [0.2, 0.25) is 0 Å². The van der Waals surface area contributed by atoms with E-state index >= 15 is 0 Å². The smallest absolute Gasteiger partial charge is 0.225 e. The van der Waals surface area contributed by atoms with Crippen LogP contribution >= 0.6 is 0 Å². The molecule has 0 saturated carbocycles. The number of hydrogen-bond acceptors (Lipinski definition) is 5. The van der Waals surface area contributed by atoms with E-state index in [4.69, 9.17) is 0 Å². The van der Waals surface area contributed by atoms with Gasteiger partial charge in [-0.15, -0.1) is 0 Å². The van der Waals surface area contributed by atoms with E-state index in [9.17, 15) is 9.18 Å². The number of hydrogen-bond donors (Lipinski definition) is 1. The molecule has 0 aliphatic carbocycles. The van der Waals surface area contributed by atoms with Crippen molar-refractivity contribution in [3.05, 3.63) is 90.1 Å². The van der Waals surface area contributed by atoms with Crippen LogP contribution in [0.15, 0.2) is 73.1 Å². The first-order chi connectivity index (χ1) is 14.1. The van der Waals surface area contributed by atoms with Crippen LogP contribution in [0.25, 0.3) is 17.2 Å². The number of aromatic nitrogens is 4. The fourth-order valence-electron chi connectivity index (χ4n) is 3.00. The van der Waals surface area contributed by atoms with Gasteiger partial charge in [-0.1, -0.05) is 30.3 Å². The van der Waals surface area contributed by atoms with Crippen molar-refractivity contribution in [1.82, 2.24) is 19.5 Å². The van der Waals surface area contributed by atoms with E-state index in [-0.39, 0.29) is 17.6 Å². The number of benzene rings is 2. The van der Waals surface area contributed by atoms with Crippen molar-refractivity contribution >= 4 is 12.2 Å². The van der Waals surface area contributed by atoms with Gasteiger partial charge in [0.1, 0.15) is 23.2 Å². The maximum absolute atomic E-state index is 13.3. The van der Waals surface area contributed by atoms with Gasteiger partial charge in [0, 0.05) is 18.0 Å². The topological polar surface area (TPSA) is 72.7 Å². The maximum atomic E-state index is 13.3. The molecule has 2 aromatic carbocycles. The normalized spacial score (nSPS) is 11.8. The summed E-state index contributed by atoms with van der Waals surface area (Å²) in [6, 6.07) is 17.6. The van der Waals surface area contributed by atoms with Gasteiger partial charge in [-0.25, -0.2) is 14.4 Å². The van der Waals surface area contributed by atoms with Gasteiger partial charge in [-0.3, -0.25) is 9.36 Å². The summed E-state index contributed by atoms with van der Waals surface area (Å²) in [7, 11) is 0. The Morgan fingerprint density at radius 3 is 2.52 bits per heavy atom. The Labute approximate surface area is 167 Å². The quantitative estimate of drug-likeness (QED) is 0.495. The Morgan fingerprint density at radius 1 is 1.03 bits per heavy atom. The van der Waals surface area contributed by atoms with Gasteiger partial charge in [0.2, 0.25) is 5.95 Å². The second kappa shape index (κ2) is 8.02. The zero-order valence-electron chi connectivity index (χ0n) is 15.7. The van der Waals surface area contributed by atoms with Crippen LogP contribution in [0.4, 0.5) is 10.3 Å². The van der Waals surface area contributed by atoms with Crippen molar-refractivity contribution in [3.8, 4) is 17.2 Å². The van der Waals surface area contributed by atoms with Crippen LogP contribution in [-0.4, -0.2) is 25.8 Å². The average Bonchev–Trinajstić information content (AvgIpc) is 3.20. The van der Waals surface area contributed by atoms with Crippen molar-refractivity contribution in [1.29, 1.82) is 0 Å². The molecule has 2 aromatic heterocycles. The van der Waals surface area contributed by atoms with Gasteiger partial charge >= 0.3 is 0 Å². The molecule has 6 nitrogen and oxygen atoms in total. The summed E-state index contributed by atoms with van der Waals surface area (Å²) in [6.07, 6.45) is 3.90. The third kappa shape index (κ3) is 4.03. The molecule has 0 spiro atoms. The molecular weight excluding hydrogens is 369 g/mol. The molecule has 0 bridgehead atoms. The van der Waals surface area contributed by atoms with E-state index in [1.54, 1.807) is 35.2 Å². The summed E-state index contributed by atoms with van der Waals surface area (Å²) < 4.78 is 15.0. The zero-order chi connectivity index (χ0) is 20.2. The SMILES string of the molecule is C[C@H](Nc1nccc(-n2cc(C=O)nc2-c2ccc(F)cc2)n1)c1ccccc1. The van der Waals surface area contributed by atoms with Gasteiger partial charge in [-0.05, 0) is 42.8 Å². The Balaban J connectivity index is 1.68. The summed E-state index contributed by atoms with van der Waals surface area (Å²) in [5.41, 5.74) is 2.04. The average molecular weight is 387 g/mol. The second-order valence-electron chi connectivity index (χ2n) is 6.50. The summed E-state index contributed by atoms with van der Waals surface area (Å²) >= 11 is 0. The molecule has 0 unspecified atom stereocenters. The van der Waals surface area contributed by atoms with Crippen molar-refractivity contribution in [2.75, 3.05) is 5.32 Å². The molecule has 4 rings (SSSR count). The molecule has 0 aliphatic heterocycles. The Bertz CT molecular complexity index is 1130. The van der Waals surface area contributed by atoms with Gasteiger partial charge in [-0.2, -0.15) is 4.98 Å². The highest BCUT2D eigenvalue weighted by molar-refractivity contribution is 5.74. The number of aldehydes is 1. The lowest BCUT2D eigenvalue weighted by Crippen LogP contribution is -2.10. The molecule has 29 heavy (non-hydrogen) atoms. The van der Waals surface area contributed by atoms with Crippen molar-refractivity contribution < 1.29 is 9.18 Å². The summed E-state index contributed by atoms with van der Waals surface area (Å²) in [5.74, 6) is 1.15. The lowest BCUT2D eigenvalue weighted by molar-refractivity contribution is 0.111. The van der Waals surface area contributed by atoms with E-state index in [2.05, 4.69) is 20.3 Å². The van der Waals surface area contributed by atoms with E-state index in [1.165, 1.54) is 12.1 Å². The van der Waals surface area contributed by atoms with Gasteiger partial charge in [0.15, 0.2) is 6.29 Å². The van der Waals surface area contributed by atoms with E-state index in [0.717, 1.165) is 5.56 Å². The van der Waals surface area contributed by atoms with Crippen molar-refractivity contribution in [2.24, 2.45) is 0 Å². The first-order valence-electron chi connectivity index (χ1n) is 9.09. The largest absolute Gasteiger partial charge is 0.348 e. The highest BCUT2D eigenvalue weighted by Gasteiger charge is 2.14. The minimum Gasteiger partial charge on any atom is -0.348 e. The molecule has 0 radical (unpaired) electrons. The highest BCUT2D eigenvalue weighted by Crippen LogP contribution is 2.23. The second-order valence-corrected chi connectivity index (χ2v) is 6.50. The molecule has 0 amide bonds. The van der Waals surface area contributed by atoms with Crippen LogP contribution in [0, 0.1) is 5.82 Å². The summed E-state index contributed by atoms with van der Waals surface area (Å²) in [4.78, 5) is 24.5. The summed E-state index contributed by atoms with van der Waals surface area (Å²) in [5, 5.41) is 3.28. The number of anilines is 1. The lowest BCUT2D eigenvalue weighted by Gasteiger charge is -2.15. The standard InChI is InChI=1S/C22H18FN5O/c1-15(16-5-3-2-4-6-16)25-22-24-12-11-20(27-22)28-13-19(14-29)26-21(28)17-7-9-18(23)10-8-17/h2-15H,1H3,(H,24,25,27)/t15-/m0/s1. The van der Waals surface area contributed by atoms with Crippen LogP contribution in [-0.2, 0) is 0 Å². The van der Waals surface area contributed by atoms with E-state index in [1.807, 2.05) is 37.3 Å². The predicted molar refractivity (Wildman–Crippen MR) is 108 cm³/mol. The van der Waals surface area contributed by atoms with Crippen LogP contribution < -0.4 is 5.32 Å². The number of rotatable bonds is 6. The fraction of sp³-hybridized carbons (Fsp3) is 0.0909. The molecule has 7 heteroatoms. The van der Waals surface area contributed by atoms with E-state index in [0.29, 0.717) is 29.4 Å². The molecule has 2 heterocycles. The predicted octanol–water partition coefficient (Wildman–Crippen LogP) is 4.45. The van der Waals surface area contributed by atoms with Crippen molar-refractivity contribution in [3.63, 3.8) is 0 Å². The molecule has 0 aliphatic rings. The number of nitrogens with zero attached hydrogens (tertiary/aromatic N) is 4. The minimum absolute atomic E-state index is 0.0105. The lowest BCUT2D eigenvalue weighted by atomic mass is 10.1. The Morgan fingerprint density at radius 2 is 1.79 bits per heavy atom. The Hall–Kier alpha value is -3.87. The molecule has 0 fully saturated rings. The monoisotopic (exact) mass is 387 g/mol. The van der Waals surface area contributed by atoms with Crippen molar-refractivity contribution in [2.45, 2.75) is 13.0 Å². The zero-order valence-corrected chi connectivity index (χ0v) is 15.7. The molecule has 1 N–H and O–H groups in total. The minimum atomic E-state index is -0.342. The molecule has 1 atom stereocenters. The number of carbonyl (C=O) groups excluding carboxylic acids is 1. The number of nitrogens with one attached hydrogen (secondary N) is 1. The number of imidazole rings is 1. The first-order valence-corrected chi connectivity index (χ1v) is 9.09. The van der Waals surface area contributed by atoms with Crippen LogP contribution in [0.1, 0.15) is 29.0 Å². The van der Waals surface area contributed by atoms with Gasteiger partial charge in [0.05, 0.1) is 6.04 Å². The number of carbonyl (C=O) groups is 1. The Kier molecular flexibility index (Phi) is 5.11.